The molecule has 0 radical (unpaired) electrons. The maximum absolute atomic E-state index is 12.8. The maximum Gasteiger partial charge on any atom is 0.291 e. The summed E-state index contributed by atoms with van der Waals surface area (Å²) < 4.78 is 13.4. The second-order valence-corrected chi connectivity index (χ2v) is 9.15. The Hall–Kier alpha value is -2.71. The van der Waals surface area contributed by atoms with E-state index >= 15 is 0 Å². The second kappa shape index (κ2) is 10.1. The van der Waals surface area contributed by atoms with Crippen molar-refractivity contribution in [2.45, 2.75) is 39.0 Å². The standard InChI is InChI=1S/C23H25N3O3S2/c1-3-4-5-6-7-12-29-17-11-10-16(14-18(17)28-2)15-20-22(27)26-23(31-20)24-21(25-26)19-9-8-13-30-19/h8-11,13-15H,3-7,12H2,1-2H3. The van der Waals surface area contributed by atoms with Gasteiger partial charge in [0.15, 0.2) is 17.3 Å². The van der Waals surface area contributed by atoms with Gasteiger partial charge >= 0.3 is 0 Å². The van der Waals surface area contributed by atoms with Gasteiger partial charge in [-0.2, -0.15) is 9.50 Å². The van der Waals surface area contributed by atoms with Gasteiger partial charge in [0.25, 0.3) is 5.56 Å². The van der Waals surface area contributed by atoms with Crippen molar-refractivity contribution < 1.29 is 9.47 Å². The van der Waals surface area contributed by atoms with Crippen molar-refractivity contribution in [2.24, 2.45) is 0 Å². The van der Waals surface area contributed by atoms with E-state index in [0.717, 1.165) is 22.6 Å². The highest BCUT2D eigenvalue weighted by Crippen LogP contribution is 2.28. The third kappa shape index (κ3) is 4.97. The van der Waals surface area contributed by atoms with Crippen molar-refractivity contribution in [2.75, 3.05) is 13.7 Å². The third-order valence-electron chi connectivity index (χ3n) is 4.91. The molecule has 0 spiro atoms. The van der Waals surface area contributed by atoms with Crippen LogP contribution in [0.4, 0.5) is 0 Å². The lowest BCUT2D eigenvalue weighted by atomic mass is 10.1. The fraction of sp³-hybridized carbons (Fsp3) is 0.348. The lowest BCUT2D eigenvalue weighted by molar-refractivity contribution is 0.285. The van der Waals surface area contributed by atoms with Crippen molar-refractivity contribution in [1.29, 1.82) is 0 Å². The van der Waals surface area contributed by atoms with E-state index in [1.165, 1.54) is 41.5 Å². The van der Waals surface area contributed by atoms with Crippen LogP contribution in [0.3, 0.4) is 0 Å². The Kier molecular flexibility index (Phi) is 6.99. The fourth-order valence-corrected chi connectivity index (χ4v) is 4.84. The van der Waals surface area contributed by atoms with Crippen LogP contribution >= 0.6 is 22.7 Å². The molecular formula is C23H25N3O3S2. The van der Waals surface area contributed by atoms with Gasteiger partial charge in [-0.25, -0.2) is 0 Å². The van der Waals surface area contributed by atoms with Crippen molar-refractivity contribution in [3.05, 3.63) is 56.2 Å². The van der Waals surface area contributed by atoms with E-state index < -0.39 is 0 Å². The first kappa shape index (κ1) is 21.5. The molecule has 0 bridgehead atoms. The molecule has 4 rings (SSSR count). The normalized spacial score (nSPS) is 12.0. The lowest BCUT2D eigenvalue weighted by Crippen LogP contribution is -2.23. The molecular weight excluding hydrogens is 430 g/mol. The number of benzene rings is 1. The molecule has 0 atom stereocenters. The minimum atomic E-state index is -0.165. The zero-order valence-electron chi connectivity index (χ0n) is 17.7. The van der Waals surface area contributed by atoms with E-state index in [9.17, 15) is 4.79 Å². The minimum absolute atomic E-state index is 0.165. The predicted octanol–water partition coefficient (Wildman–Crippen LogP) is 4.79. The number of rotatable bonds is 10. The van der Waals surface area contributed by atoms with Crippen LogP contribution < -0.4 is 19.6 Å². The molecule has 31 heavy (non-hydrogen) atoms. The van der Waals surface area contributed by atoms with Gasteiger partial charge in [-0.15, -0.1) is 16.4 Å². The molecule has 6 nitrogen and oxygen atoms in total. The van der Waals surface area contributed by atoms with Crippen molar-refractivity contribution in [3.63, 3.8) is 0 Å². The molecule has 162 valence electrons. The minimum Gasteiger partial charge on any atom is -0.493 e. The van der Waals surface area contributed by atoms with Gasteiger partial charge in [0, 0.05) is 0 Å². The zero-order chi connectivity index (χ0) is 21.6. The van der Waals surface area contributed by atoms with Gasteiger partial charge in [-0.1, -0.05) is 56.1 Å². The number of unbranched alkanes of at least 4 members (excludes halogenated alkanes) is 4. The number of nitrogens with zero attached hydrogens (tertiary/aromatic N) is 3. The van der Waals surface area contributed by atoms with Crippen LogP contribution in [0.15, 0.2) is 40.5 Å². The first-order valence-corrected chi connectivity index (χ1v) is 12.1. The van der Waals surface area contributed by atoms with Gasteiger partial charge < -0.3 is 9.47 Å². The summed E-state index contributed by atoms with van der Waals surface area (Å²) in [5.41, 5.74) is 0.703. The highest BCUT2D eigenvalue weighted by molar-refractivity contribution is 7.15. The molecule has 4 aromatic rings. The average Bonchev–Trinajstić information content (AvgIpc) is 3.50. The van der Waals surface area contributed by atoms with Gasteiger partial charge in [0.1, 0.15) is 0 Å². The van der Waals surface area contributed by atoms with Crippen molar-refractivity contribution in [3.8, 4) is 22.2 Å². The molecule has 0 aliphatic heterocycles. The molecule has 0 unspecified atom stereocenters. The molecule has 3 aromatic heterocycles. The van der Waals surface area contributed by atoms with Crippen LogP contribution in [-0.4, -0.2) is 28.3 Å². The number of fused-ring (bicyclic) bond motifs is 1. The Bertz CT molecular complexity index is 1250. The molecule has 0 aliphatic carbocycles. The Labute approximate surface area is 188 Å². The Morgan fingerprint density at radius 3 is 2.74 bits per heavy atom. The summed E-state index contributed by atoms with van der Waals surface area (Å²) in [6.45, 7) is 2.89. The van der Waals surface area contributed by atoms with Crippen LogP contribution in [0.2, 0.25) is 0 Å². The number of methoxy groups -OCH3 is 1. The number of hydrogen-bond donors (Lipinski definition) is 0. The number of aromatic nitrogens is 3. The average molecular weight is 456 g/mol. The molecule has 0 N–H and O–H groups in total. The van der Waals surface area contributed by atoms with E-state index in [4.69, 9.17) is 9.47 Å². The van der Waals surface area contributed by atoms with Crippen LogP contribution in [0.1, 0.15) is 44.6 Å². The smallest absolute Gasteiger partial charge is 0.291 e. The van der Waals surface area contributed by atoms with Crippen molar-refractivity contribution >= 4 is 33.7 Å². The Morgan fingerprint density at radius 1 is 1.13 bits per heavy atom. The van der Waals surface area contributed by atoms with Crippen LogP contribution in [0, 0.1) is 0 Å². The fourth-order valence-electron chi connectivity index (χ4n) is 3.28. The summed E-state index contributed by atoms with van der Waals surface area (Å²) in [6.07, 6.45) is 7.80. The topological polar surface area (TPSA) is 65.7 Å². The van der Waals surface area contributed by atoms with E-state index in [1.54, 1.807) is 18.4 Å². The third-order valence-corrected chi connectivity index (χ3v) is 6.74. The predicted molar refractivity (Wildman–Crippen MR) is 126 cm³/mol. The SMILES string of the molecule is CCCCCCCOc1ccc(C=c2sc3nc(-c4cccs4)nn3c2=O)cc1OC. The lowest BCUT2D eigenvalue weighted by Gasteiger charge is -2.11. The Balaban J connectivity index is 1.51. The highest BCUT2D eigenvalue weighted by Gasteiger charge is 2.13. The summed E-state index contributed by atoms with van der Waals surface area (Å²) in [7, 11) is 1.63. The summed E-state index contributed by atoms with van der Waals surface area (Å²) in [6, 6.07) is 9.61. The second-order valence-electron chi connectivity index (χ2n) is 7.20. The van der Waals surface area contributed by atoms with E-state index in [0.29, 0.717) is 27.7 Å². The van der Waals surface area contributed by atoms with Gasteiger partial charge in [0.2, 0.25) is 4.96 Å². The number of hydrogen-bond acceptors (Lipinski definition) is 7. The van der Waals surface area contributed by atoms with E-state index in [1.807, 2.05) is 41.8 Å². The largest absolute Gasteiger partial charge is 0.493 e. The first-order valence-electron chi connectivity index (χ1n) is 10.5. The zero-order valence-corrected chi connectivity index (χ0v) is 19.3. The number of ether oxygens (including phenoxy) is 2. The van der Waals surface area contributed by atoms with Gasteiger partial charge in [-0.05, 0) is 41.6 Å². The summed E-state index contributed by atoms with van der Waals surface area (Å²) in [4.78, 5) is 18.8. The highest BCUT2D eigenvalue weighted by atomic mass is 32.1. The molecule has 0 saturated carbocycles. The van der Waals surface area contributed by atoms with Crippen LogP contribution in [0.5, 0.6) is 11.5 Å². The Morgan fingerprint density at radius 2 is 2.00 bits per heavy atom. The summed E-state index contributed by atoms with van der Waals surface area (Å²) in [5, 5.41) is 6.34. The quantitative estimate of drug-likeness (QED) is 0.322. The molecule has 0 aliphatic rings. The van der Waals surface area contributed by atoms with E-state index in [2.05, 4.69) is 17.0 Å². The summed E-state index contributed by atoms with van der Waals surface area (Å²) in [5.74, 6) is 1.97. The maximum atomic E-state index is 12.8. The molecule has 0 fully saturated rings. The molecule has 0 saturated heterocycles. The van der Waals surface area contributed by atoms with Gasteiger partial charge in [0.05, 0.1) is 23.1 Å². The molecule has 1 aromatic carbocycles. The number of thiophene rings is 1. The molecule has 8 heteroatoms. The van der Waals surface area contributed by atoms with Crippen molar-refractivity contribution in [1.82, 2.24) is 14.6 Å². The summed E-state index contributed by atoms with van der Waals surface area (Å²) >= 11 is 2.89. The molecule has 3 heterocycles. The van der Waals surface area contributed by atoms with Gasteiger partial charge in [-0.3, -0.25) is 4.79 Å². The first-order chi connectivity index (χ1) is 15.2. The monoisotopic (exact) mass is 455 g/mol. The van der Waals surface area contributed by atoms with Crippen LogP contribution in [0.25, 0.3) is 21.7 Å². The molecule has 0 amide bonds. The number of thiazole rings is 1. The van der Waals surface area contributed by atoms with Crippen LogP contribution in [-0.2, 0) is 0 Å². The van der Waals surface area contributed by atoms with E-state index in [-0.39, 0.29) is 5.56 Å².